The Balaban J connectivity index is 2.09. The van der Waals surface area contributed by atoms with Gasteiger partial charge in [-0.25, -0.2) is 0 Å². The number of amides is 1. The first kappa shape index (κ1) is 19.7. The lowest BCUT2D eigenvalue weighted by atomic mass is 10.3. The van der Waals surface area contributed by atoms with Gasteiger partial charge in [-0.05, 0) is 30.3 Å². The summed E-state index contributed by atoms with van der Waals surface area (Å²) in [7, 11) is -1.52. The summed E-state index contributed by atoms with van der Waals surface area (Å²) in [6, 6.07) is 25.7. The van der Waals surface area contributed by atoms with Crippen molar-refractivity contribution in [3.8, 4) is 5.75 Å². The highest BCUT2D eigenvalue weighted by molar-refractivity contribution is 7.78. The minimum Gasteiger partial charge on any atom is -0.497 e. The standard InChI is InChI=1S/C23H22NO3P/c1-3-23(25)24(19-14-16-20(27-2)17-15-19)18-28(26,21-10-6-4-7-11-21)22-12-8-5-9-13-22/h3-17H,1,18H2,2H3. The minimum absolute atomic E-state index is 0.0399. The van der Waals surface area contributed by atoms with E-state index in [0.29, 0.717) is 22.0 Å². The van der Waals surface area contributed by atoms with Gasteiger partial charge in [-0.15, -0.1) is 0 Å². The van der Waals surface area contributed by atoms with Gasteiger partial charge in [-0.3, -0.25) is 4.79 Å². The average Bonchev–Trinajstić information content (AvgIpc) is 2.78. The molecule has 0 radical (unpaired) electrons. The predicted octanol–water partition coefficient (Wildman–Crippen LogP) is 4.19. The van der Waals surface area contributed by atoms with Gasteiger partial charge in [0, 0.05) is 16.3 Å². The Labute approximate surface area is 165 Å². The summed E-state index contributed by atoms with van der Waals surface area (Å²) < 4.78 is 19.5. The summed E-state index contributed by atoms with van der Waals surface area (Å²) >= 11 is 0. The SMILES string of the molecule is C=CC(=O)N(CP(=O)(c1ccccc1)c1ccccc1)c1ccc(OC)cc1. The topological polar surface area (TPSA) is 46.6 Å². The predicted molar refractivity (Wildman–Crippen MR) is 115 cm³/mol. The first-order valence-electron chi connectivity index (χ1n) is 8.87. The van der Waals surface area contributed by atoms with Gasteiger partial charge >= 0.3 is 0 Å². The molecule has 0 atom stereocenters. The van der Waals surface area contributed by atoms with E-state index in [4.69, 9.17) is 4.74 Å². The zero-order valence-electron chi connectivity index (χ0n) is 15.7. The van der Waals surface area contributed by atoms with Crippen LogP contribution in [0.4, 0.5) is 5.69 Å². The van der Waals surface area contributed by atoms with Crippen LogP contribution in [0.3, 0.4) is 0 Å². The molecular formula is C23H22NO3P. The van der Waals surface area contributed by atoms with Crippen LogP contribution in [-0.4, -0.2) is 19.3 Å². The van der Waals surface area contributed by atoms with Gasteiger partial charge in [0.25, 0.3) is 5.91 Å². The molecule has 3 rings (SSSR count). The second kappa shape index (κ2) is 8.73. The molecule has 4 nitrogen and oxygen atoms in total. The lowest BCUT2D eigenvalue weighted by Crippen LogP contribution is -2.34. The third-order valence-corrected chi connectivity index (χ3v) is 7.46. The fraction of sp³-hybridized carbons (Fsp3) is 0.0870. The van der Waals surface area contributed by atoms with Crippen molar-refractivity contribution in [3.63, 3.8) is 0 Å². The van der Waals surface area contributed by atoms with E-state index in [1.165, 1.54) is 11.0 Å². The molecule has 0 heterocycles. The molecule has 0 N–H and O–H groups in total. The molecule has 0 saturated carbocycles. The second-order valence-corrected chi connectivity index (χ2v) is 9.02. The third-order valence-electron chi connectivity index (χ3n) is 4.51. The zero-order valence-corrected chi connectivity index (χ0v) is 16.6. The number of benzene rings is 3. The second-order valence-electron chi connectivity index (χ2n) is 6.22. The lowest BCUT2D eigenvalue weighted by molar-refractivity contribution is -0.114. The van der Waals surface area contributed by atoms with Gasteiger partial charge in [-0.1, -0.05) is 67.2 Å². The molecule has 3 aromatic carbocycles. The first-order chi connectivity index (χ1) is 13.6. The maximum atomic E-state index is 14.3. The Bertz CT molecular complexity index is 942. The number of carbonyl (C=O) groups is 1. The lowest BCUT2D eigenvalue weighted by Gasteiger charge is -2.28. The maximum Gasteiger partial charge on any atom is 0.250 e. The van der Waals surface area contributed by atoms with E-state index < -0.39 is 7.14 Å². The van der Waals surface area contributed by atoms with Gasteiger partial charge in [0.15, 0.2) is 7.14 Å². The highest BCUT2D eigenvalue weighted by Gasteiger charge is 2.31. The number of nitrogens with zero attached hydrogens (tertiary/aromatic N) is 1. The highest BCUT2D eigenvalue weighted by Crippen LogP contribution is 2.45. The number of hydrogen-bond acceptors (Lipinski definition) is 3. The van der Waals surface area contributed by atoms with Crippen molar-refractivity contribution in [1.82, 2.24) is 0 Å². The van der Waals surface area contributed by atoms with Crippen molar-refractivity contribution in [2.45, 2.75) is 0 Å². The van der Waals surface area contributed by atoms with Crippen LogP contribution in [0.15, 0.2) is 97.6 Å². The van der Waals surface area contributed by atoms with Gasteiger partial charge in [0.05, 0.1) is 13.4 Å². The molecule has 0 unspecified atom stereocenters. The molecule has 0 saturated heterocycles. The van der Waals surface area contributed by atoms with E-state index in [-0.39, 0.29) is 12.2 Å². The monoisotopic (exact) mass is 391 g/mol. The Morgan fingerprint density at radius 2 is 1.43 bits per heavy atom. The normalized spacial score (nSPS) is 10.9. The largest absolute Gasteiger partial charge is 0.497 e. The molecule has 0 aliphatic rings. The minimum atomic E-state index is -3.11. The summed E-state index contributed by atoms with van der Waals surface area (Å²) in [5.41, 5.74) is 0.637. The van der Waals surface area contributed by atoms with Crippen LogP contribution < -0.4 is 20.2 Å². The van der Waals surface area contributed by atoms with Crippen LogP contribution in [0, 0.1) is 0 Å². The van der Waals surface area contributed by atoms with Gasteiger partial charge in [-0.2, -0.15) is 0 Å². The summed E-state index contributed by atoms with van der Waals surface area (Å²) in [5, 5.41) is 1.41. The quantitative estimate of drug-likeness (QED) is 0.448. The van der Waals surface area contributed by atoms with E-state index in [0.717, 1.165) is 0 Å². The first-order valence-corrected chi connectivity index (χ1v) is 10.8. The summed E-state index contributed by atoms with van der Waals surface area (Å²) in [6.07, 6.45) is 1.28. The summed E-state index contributed by atoms with van der Waals surface area (Å²) in [5.74, 6) is 0.376. The molecule has 3 aromatic rings. The molecular weight excluding hydrogens is 369 g/mol. The highest BCUT2D eigenvalue weighted by atomic mass is 31.2. The van der Waals surface area contributed by atoms with E-state index in [1.54, 1.807) is 31.4 Å². The Morgan fingerprint density at radius 1 is 0.929 bits per heavy atom. The maximum absolute atomic E-state index is 14.3. The average molecular weight is 391 g/mol. The van der Waals surface area contributed by atoms with Crippen molar-refractivity contribution in [3.05, 3.63) is 97.6 Å². The molecule has 0 aliphatic heterocycles. The van der Waals surface area contributed by atoms with Crippen LogP contribution in [0.2, 0.25) is 0 Å². The van der Waals surface area contributed by atoms with E-state index >= 15 is 0 Å². The number of hydrogen-bond donors (Lipinski definition) is 0. The van der Waals surface area contributed by atoms with E-state index in [2.05, 4.69) is 6.58 Å². The molecule has 0 aliphatic carbocycles. The van der Waals surface area contributed by atoms with Gasteiger partial charge in [0.2, 0.25) is 0 Å². The van der Waals surface area contributed by atoms with Crippen LogP contribution in [0.25, 0.3) is 0 Å². The number of carbonyl (C=O) groups excluding carboxylic acids is 1. The van der Waals surface area contributed by atoms with Crippen molar-refractivity contribution < 1.29 is 14.1 Å². The molecule has 28 heavy (non-hydrogen) atoms. The van der Waals surface area contributed by atoms with Gasteiger partial charge < -0.3 is 14.2 Å². The van der Waals surface area contributed by atoms with Gasteiger partial charge in [0.1, 0.15) is 5.75 Å². The Hall–Kier alpha value is -3.10. The van der Waals surface area contributed by atoms with E-state index in [1.807, 2.05) is 60.7 Å². The number of rotatable bonds is 7. The molecule has 0 bridgehead atoms. The van der Waals surface area contributed by atoms with Crippen molar-refractivity contribution >= 4 is 29.3 Å². The Kier molecular flexibility index (Phi) is 6.13. The fourth-order valence-corrected chi connectivity index (χ4v) is 5.63. The smallest absolute Gasteiger partial charge is 0.250 e. The fourth-order valence-electron chi connectivity index (χ4n) is 3.00. The van der Waals surface area contributed by atoms with E-state index in [9.17, 15) is 9.36 Å². The summed E-state index contributed by atoms with van der Waals surface area (Å²) in [4.78, 5) is 14.2. The number of ether oxygens (including phenoxy) is 1. The van der Waals surface area contributed by atoms with Crippen molar-refractivity contribution in [2.75, 3.05) is 18.3 Å². The molecule has 142 valence electrons. The number of anilines is 1. The van der Waals surface area contributed by atoms with Crippen molar-refractivity contribution in [1.29, 1.82) is 0 Å². The third kappa shape index (κ3) is 4.08. The Morgan fingerprint density at radius 3 is 1.86 bits per heavy atom. The number of methoxy groups -OCH3 is 1. The van der Waals surface area contributed by atoms with Crippen LogP contribution in [0.5, 0.6) is 5.75 Å². The van der Waals surface area contributed by atoms with Crippen LogP contribution in [-0.2, 0) is 9.36 Å². The molecule has 0 fully saturated rings. The molecule has 5 heteroatoms. The zero-order chi connectivity index (χ0) is 20.0. The molecule has 0 spiro atoms. The van der Waals surface area contributed by atoms with Crippen LogP contribution in [0.1, 0.15) is 0 Å². The summed E-state index contributed by atoms with van der Waals surface area (Å²) in [6.45, 7) is 3.61. The van der Waals surface area contributed by atoms with Crippen LogP contribution >= 0.6 is 7.14 Å². The molecule has 0 aromatic heterocycles. The molecule has 1 amide bonds. The van der Waals surface area contributed by atoms with Crippen molar-refractivity contribution in [2.24, 2.45) is 0 Å².